The van der Waals surface area contributed by atoms with Crippen LogP contribution in [0.4, 0.5) is 18.9 Å². The standard InChI is InChI=1S/C11H11ClF3NO3/c12-6-1-2-9(8(3-6)11(13,14)15)16-5-7(17)4-10(18)19/h1-3,7,16-17H,4-5H2,(H,18,19). The first-order chi connectivity index (χ1) is 8.70. The van der Waals surface area contributed by atoms with Crippen molar-refractivity contribution in [3.05, 3.63) is 28.8 Å². The third-order valence-corrected chi connectivity index (χ3v) is 2.46. The molecule has 0 spiro atoms. The number of halogens is 4. The summed E-state index contributed by atoms with van der Waals surface area (Å²) in [6.45, 7) is -0.309. The van der Waals surface area contributed by atoms with E-state index in [1.54, 1.807) is 0 Å². The highest BCUT2D eigenvalue weighted by atomic mass is 35.5. The Morgan fingerprint density at radius 3 is 2.58 bits per heavy atom. The maximum atomic E-state index is 12.7. The van der Waals surface area contributed by atoms with E-state index in [1.807, 2.05) is 0 Å². The summed E-state index contributed by atoms with van der Waals surface area (Å²) >= 11 is 5.50. The van der Waals surface area contributed by atoms with E-state index < -0.39 is 30.2 Å². The monoisotopic (exact) mass is 297 g/mol. The Hall–Kier alpha value is -1.47. The van der Waals surface area contributed by atoms with Crippen LogP contribution in [-0.4, -0.2) is 28.8 Å². The van der Waals surface area contributed by atoms with Gasteiger partial charge in [0, 0.05) is 17.3 Å². The van der Waals surface area contributed by atoms with Crippen LogP contribution in [0.3, 0.4) is 0 Å². The number of carboxylic acid groups (broad SMARTS) is 1. The summed E-state index contributed by atoms with van der Waals surface area (Å²) in [6.07, 6.45) is -6.43. The fourth-order valence-corrected chi connectivity index (χ4v) is 1.58. The van der Waals surface area contributed by atoms with Gasteiger partial charge in [-0.25, -0.2) is 0 Å². The van der Waals surface area contributed by atoms with Gasteiger partial charge in [-0.15, -0.1) is 0 Å². The third-order valence-electron chi connectivity index (χ3n) is 2.23. The number of nitrogens with one attached hydrogen (secondary N) is 1. The summed E-state index contributed by atoms with van der Waals surface area (Å²) in [5, 5.41) is 20.0. The molecule has 0 amide bonds. The number of carboxylic acids is 1. The molecule has 0 aliphatic carbocycles. The van der Waals surface area contributed by atoms with Crippen LogP contribution in [0.1, 0.15) is 12.0 Å². The highest BCUT2D eigenvalue weighted by Crippen LogP contribution is 2.36. The molecule has 19 heavy (non-hydrogen) atoms. The SMILES string of the molecule is O=C(O)CC(O)CNc1ccc(Cl)cc1C(F)(F)F. The van der Waals surface area contributed by atoms with Gasteiger partial charge in [0.15, 0.2) is 0 Å². The average Bonchev–Trinajstić information content (AvgIpc) is 2.25. The topological polar surface area (TPSA) is 69.6 Å². The first-order valence-corrected chi connectivity index (χ1v) is 5.58. The number of aliphatic hydroxyl groups excluding tert-OH is 1. The molecule has 0 heterocycles. The van der Waals surface area contributed by atoms with Crippen LogP contribution >= 0.6 is 11.6 Å². The number of rotatable bonds is 5. The second-order valence-corrected chi connectivity index (χ2v) is 4.26. The van der Waals surface area contributed by atoms with Gasteiger partial charge in [-0.05, 0) is 18.2 Å². The molecule has 0 saturated carbocycles. The van der Waals surface area contributed by atoms with E-state index in [0.29, 0.717) is 0 Å². The van der Waals surface area contributed by atoms with Crippen LogP contribution in [0.2, 0.25) is 5.02 Å². The number of anilines is 1. The van der Waals surface area contributed by atoms with Crippen LogP contribution in [0.25, 0.3) is 0 Å². The summed E-state index contributed by atoms with van der Waals surface area (Å²) < 4.78 is 38.1. The van der Waals surface area contributed by atoms with Crippen LogP contribution in [0.5, 0.6) is 0 Å². The Kier molecular flexibility index (Phi) is 5.02. The van der Waals surface area contributed by atoms with Gasteiger partial charge in [0.05, 0.1) is 18.1 Å². The molecular weight excluding hydrogens is 287 g/mol. The van der Waals surface area contributed by atoms with Crippen molar-refractivity contribution in [1.82, 2.24) is 0 Å². The molecule has 0 radical (unpaired) electrons. The van der Waals surface area contributed by atoms with Gasteiger partial charge in [-0.2, -0.15) is 13.2 Å². The third kappa shape index (κ3) is 4.96. The van der Waals surface area contributed by atoms with Crippen molar-refractivity contribution >= 4 is 23.3 Å². The van der Waals surface area contributed by atoms with Gasteiger partial charge in [0.2, 0.25) is 0 Å². The Balaban J connectivity index is 2.81. The number of hydrogen-bond acceptors (Lipinski definition) is 3. The molecule has 0 aliphatic heterocycles. The van der Waals surface area contributed by atoms with Gasteiger partial charge < -0.3 is 15.5 Å². The largest absolute Gasteiger partial charge is 0.481 e. The fourth-order valence-electron chi connectivity index (χ4n) is 1.41. The number of aliphatic carboxylic acids is 1. The second kappa shape index (κ2) is 6.12. The predicted molar refractivity (Wildman–Crippen MR) is 63.2 cm³/mol. The van der Waals surface area contributed by atoms with Crippen molar-refractivity contribution in [3.8, 4) is 0 Å². The highest BCUT2D eigenvalue weighted by molar-refractivity contribution is 6.30. The summed E-state index contributed by atoms with van der Waals surface area (Å²) in [7, 11) is 0. The lowest BCUT2D eigenvalue weighted by atomic mass is 10.1. The van der Waals surface area contributed by atoms with Crippen molar-refractivity contribution < 1.29 is 28.2 Å². The molecule has 1 rings (SSSR count). The van der Waals surface area contributed by atoms with Crippen LogP contribution in [0, 0.1) is 0 Å². The average molecular weight is 298 g/mol. The molecule has 0 fully saturated rings. The number of alkyl halides is 3. The Bertz CT molecular complexity index is 465. The molecule has 1 unspecified atom stereocenters. The molecule has 4 nitrogen and oxygen atoms in total. The van der Waals surface area contributed by atoms with Gasteiger partial charge in [0.25, 0.3) is 0 Å². The fraction of sp³-hybridized carbons (Fsp3) is 0.364. The van der Waals surface area contributed by atoms with Crippen LogP contribution in [0.15, 0.2) is 18.2 Å². The number of aliphatic hydroxyl groups is 1. The summed E-state index contributed by atoms with van der Waals surface area (Å²) in [5.41, 5.74) is -1.23. The zero-order valence-corrected chi connectivity index (χ0v) is 10.3. The summed E-state index contributed by atoms with van der Waals surface area (Å²) in [4.78, 5) is 10.3. The second-order valence-electron chi connectivity index (χ2n) is 3.82. The molecule has 106 valence electrons. The van der Waals surface area contributed by atoms with E-state index in [-0.39, 0.29) is 17.3 Å². The Morgan fingerprint density at radius 1 is 1.42 bits per heavy atom. The zero-order chi connectivity index (χ0) is 14.6. The molecule has 0 aliphatic rings. The number of carbonyl (C=O) groups is 1. The van der Waals surface area contributed by atoms with Gasteiger partial charge in [0.1, 0.15) is 0 Å². The molecule has 0 saturated heterocycles. The van der Waals surface area contributed by atoms with E-state index in [4.69, 9.17) is 16.7 Å². The number of hydrogen-bond donors (Lipinski definition) is 3. The molecule has 8 heteroatoms. The van der Waals surface area contributed by atoms with E-state index in [0.717, 1.165) is 12.1 Å². The van der Waals surface area contributed by atoms with Gasteiger partial charge >= 0.3 is 12.1 Å². The molecule has 0 aromatic heterocycles. The maximum Gasteiger partial charge on any atom is 0.418 e. The van der Waals surface area contributed by atoms with Crippen LogP contribution in [-0.2, 0) is 11.0 Å². The smallest absolute Gasteiger partial charge is 0.418 e. The molecule has 0 bridgehead atoms. The van der Waals surface area contributed by atoms with Crippen LogP contribution < -0.4 is 5.32 Å². The minimum absolute atomic E-state index is 0.0658. The lowest BCUT2D eigenvalue weighted by Gasteiger charge is -2.16. The van der Waals surface area contributed by atoms with Gasteiger partial charge in [-0.1, -0.05) is 11.6 Å². The lowest BCUT2D eigenvalue weighted by molar-refractivity contribution is -0.139. The molecule has 1 aromatic rings. The quantitative estimate of drug-likeness (QED) is 0.781. The van der Waals surface area contributed by atoms with E-state index in [2.05, 4.69) is 5.32 Å². The first kappa shape index (κ1) is 15.6. The Labute approximate surface area is 111 Å². The van der Waals surface area contributed by atoms with Crippen molar-refractivity contribution in [3.63, 3.8) is 0 Å². The minimum atomic E-state index is -4.59. The molecule has 1 atom stereocenters. The Morgan fingerprint density at radius 2 is 2.05 bits per heavy atom. The van der Waals surface area contributed by atoms with Crippen molar-refractivity contribution in [2.45, 2.75) is 18.7 Å². The normalized spacial score (nSPS) is 13.1. The van der Waals surface area contributed by atoms with Crippen molar-refractivity contribution in [2.75, 3.05) is 11.9 Å². The van der Waals surface area contributed by atoms with Crippen molar-refractivity contribution in [1.29, 1.82) is 0 Å². The summed E-state index contributed by atoms with van der Waals surface area (Å²) in [5.74, 6) is -1.23. The van der Waals surface area contributed by atoms with E-state index >= 15 is 0 Å². The zero-order valence-electron chi connectivity index (χ0n) is 9.54. The summed E-state index contributed by atoms with van der Waals surface area (Å²) in [6, 6.07) is 3.15. The van der Waals surface area contributed by atoms with Gasteiger partial charge in [-0.3, -0.25) is 4.79 Å². The minimum Gasteiger partial charge on any atom is -0.481 e. The molecular formula is C11H11ClF3NO3. The lowest BCUT2D eigenvalue weighted by Crippen LogP contribution is -2.23. The first-order valence-electron chi connectivity index (χ1n) is 5.20. The predicted octanol–water partition coefficient (Wildman–Crippen LogP) is 2.61. The molecule has 1 aromatic carbocycles. The highest BCUT2D eigenvalue weighted by Gasteiger charge is 2.33. The van der Waals surface area contributed by atoms with Crippen molar-refractivity contribution in [2.24, 2.45) is 0 Å². The number of benzene rings is 1. The van der Waals surface area contributed by atoms with E-state index in [1.165, 1.54) is 6.07 Å². The molecule has 3 N–H and O–H groups in total. The maximum absolute atomic E-state index is 12.7. The van der Waals surface area contributed by atoms with E-state index in [9.17, 15) is 23.1 Å².